The van der Waals surface area contributed by atoms with E-state index in [1.165, 1.54) is 17.7 Å². The van der Waals surface area contributed by atoms with Crippen LogP contribution in [0.25, 0.3) is 5.82 Å². The van der Waals surface area contributed by atoms with Gasteiger partial charge in [-0.05, 0) is 43.7 Å². The van der Waals surface area contributed by atoms with Crippen molar-refractivity contribution in [1.82, 2.24) is 4.57 Å². The van der Waals surface area contributed by atoms with Crippen molar-refractivity contribution in [3.63, 3.8) is 0 Å². The summed E-state index contributed by atoms with van der Waals surface area (Å²) in [4.78, 5) is 16.4. The zero-order chi connectivity index (χ0) is 15.0. The lowest BCUT2D eigenvalue weighted by molar-refractivity contribution is -0.114. The van der Waals surface area contributed by atoms with Crippen molar-refractivity contribution in [1.29, 1.82) is 0 Å². The molecule has 0 aromatic carbocycles. The molecule has 1 aromatic heterocycles. The summed E-state index contributed by atoms with van der Waals surface area (Å²) in [5, 5.41) is 0. The number of fused-ring (bicyclic) bond motifs is 3. The largest absolute Gasteiger partial charge is 0.384 e. The van der Waals surface area contributed by atoms with Gasteiger partial charge in [-0.1, -0.05) is 13.3 Å². The minimum absolute atomic E-state index is 0.384. The molecule has 0 fully saturated rings. The Balaban J connectivity index is 2.11. The Hall–Kier alpha value is -2.04. The summed E-state index contributed by atoms with van der Waals surface area (Å²) in [6.45, 7) is 2.82. The van der Waals surface area contributed by atoms with Gasteiger partial charge in [-0.25, -0.2) is 0 Å². The smallest absolute Gasteiger partial charge is 0.254 e. The Morgan fingerprint density at radius 1 is 1.38 bits per heavy atom. The monoisotopic (exact) mass is 286 g/mol. The number of unbranched alkanes of at least 4 members (excludes halogenated alkanes) is 1. The van der Waals surface area contributed by atoms with Gasteiger partial charge >= 0.3 is 0 Å². The van der Waals surface area contributed by atoms with E-state index in [9.17, 15) is 4.79 Å². The molecule has 0 saturated carbocycles. The molecule has 0 spiro atoms. The molecule has 1 aliphatic carbocycles. The van der Waals surface area contributed by atoms with Gasteiger partial charge in [0, 0.05) is 12.2 Å². The van der Waals surface area contributed by atoms with Gasteiger partial charge < -0.3 is 11.5 Å². The third kappa shape index (κ3) is 2.17. The van der Waals surface area contributed by atoms with Crippen LogP contribution in [0.2, 0.25) is 0 Å². The second-order valence-electron chi connectivity index (χ2n) is 5.75. The molecule has 2 heterocycles. The van der Waals surface area contributed by atoms with Crippen LogP contribution in [0.15, 0.2) is 16.6 Å². The lowest BCUT2D eigenvalue weighted by atomic mass is 9.97. The van der Waals surface area contributed by atoms with Gasteiger partial charge in [0.2, 0.25) is 0 Å². The number of aryl methyl sites for hydroxylation is 1. The van der Waals surface area contributed by atoms with Gasteiger partial charge in [-0.3, -0.25) is 14.4 Å². The fourth-order valence-electron chi connectivity index (χ4n) is 3.26. The van der Waals surface area contributed by atoms with E-state index in [4.69, 9.17) is 11.5 Å². The molecule has 1 aliphatic heterocycles. The highest BCUT2D eigenvalue weighted by atomic mass is 16.1. The number of hydrogen-bond acceptors (Lipinski definition) is 3. The summed E-state index contributed by atoms with van der Waals surface area (Å²) in [5.74, 6) is -0.0353. The van der Waals surface area contributed by atoms with Crippen LogP contribution < -0.4 is 11.5 Å². The van der Waals surface area contributed by atoms with E-state index >= 15 is 0 Å². The molecular formula is C16H22N4O. The lowest BCUT2D eigenvalue weighted by Crippen LogP contribution is -2.22. The van der Waals surface area contributed by atoms with E-state index in [2.05, 4.69) is 18.0 Å². The number of hydrogen-bond donors (Lipinski definition) is 2. The quantitative estimate of drug-likeness (QED) is 0.823. The maximum atomic E-state index is 11.8. The fraction of sp³-hybridized carbons (Fsp3) is 0.500. The van der Waals surface area contributed by atoms with Crippen molar-refractivity contribution in [3.05, 3.63) is 28.6 Å². The first kappa shape index (κ1) is 13.9. The number of nitrogens with zero attached hydrogens (tertiary/aromatic N) is 2. The maximum Gasteiger partial charge on any atom is 0.254 e. The van der Waals surface area contributed by atoms with E-state index in [0.29, 0.717) is 23.7 Å². The number of nitrogens with two attached hydrogens (primary N) is 2. The van der Waals surface area contributed by atoms with Crippen molar-refractivity contribution >= 4 is 17.4 Å². The van der Waals surface area contributed by atoms with Gasteiger partial charge in [-0.2, -0.15) is 0 Å². The average molecular weight is 286 g/mol. The molecule has 0 bridgehead atoms. The van der Waals surface area contributed by atoms with Crippen LogP contribution in [0, 0.1) is 0 Å². The lowest BCUT2D eigenvalue weighted by Gasteiger charge is -2.14. The number of aromatic nitrogens is 1. The van der Waals surface area contributed by atoms with Crippen LogP contribution >= 0.6 is 0 Å². The highest BCUT2D eigenvalue weighted by molar-refractivity contribution is 6.33. The van der Waals surface area contributed by atoms with Crippen LogP contribution in [0.5, 0.6) is 0 Å². The molecule has 21 heavy (non-hydrogen) atoms. The molecule has 112 valence electrons. The van der Waals surface area contributed by atoms with Crippen LogP contribution in [0.1, 0.15) is 49.6 Å². The standard InChI is InChI=1S/C16H22N4O/c1-2-3-8-19-14-12-9-10-6-4-5-7-11(10)20(12)15(17)13(14)16(18)21/h9H,2-8,17H2,1H3,(H2,18,21). The number of primary amides is 1. The maximum absolute atomic E-state index is 11.8. The second kappa shape index (κ2) is 5.39. The molecule has 5 heteroatoms. The first-order valence-electron chi connectivity index (χ1n) is 7.73. The average Bonchev–Trinajstić information content (AvgIpc) is 2.95. The molecule has 0 radical (unpaired) electrons. The Kier molecular flexibility index (Phi) is 3.57. The molecule has 1 amide bonds. The fourth-order valence-corrected chi connectivity index (χ4v) is 3.26. The third-order valence-corrected chi connectivity index (χ3v) is 4.31. The Morgan fingerprint density at radius 3 is 2.86 bits per heavy atom. The van der Waals surface area contributed by atoms with Crippen LogP contribution in [0.3, 0.4) is 0 Å². The zero-order valence-corrected chi connectivity index (χ0v) is 12.5. The second-order valence-corrected chi connectivity index (χ2v) is 5.75. The number of rotatable bonds is 4. The Bertz CT molecular complexity index is 651. The minimum Gasteiger partial charge on any atom is -0.384 e. The van der Waals surface area contributed by atoms with Gasteiger partial charge in [0.25, 0.3) is 5.91 Å². The van der Waals surface area contributed by atoms with Crippen molar-refractivity contribution in [2.45, 2.75) is 45.4 Å². The van der Waals surface area contributed by atoms with Gasteiger partial charge in [0.05, 0.1) is 11.4 Å². The predicted molar refractivity (Wildman–Crippen MR) is 84.0 cm³/mol. The molecule has 1 aromatic rings. The van der Waals surface area contributed by atoms with Crippen molar-refractivity contribution in [2.75, 3.05) is 6.54 Å². The first-order valence-corrected chi connectivity index (χ1v) is 7.73. The molecule has 2 aliphatic rings. The van der Waals surface area contributed by atoms with E-state index in [-0.39, 0.29) is 0 Å². The van der Waals surface area contributed by atoms with E-state index < -0.39 is 5.91 Å². The van der Waals surface area contributed by atoms with Crippen LogP contribution in [-0.2, 0) is 17.6 Å². The summed E-state index contributed by atoms with van der Waals surface area (Å²) in [6, 6.07) is 2.14. The van der Waals surface area contributed by atoms with E-state index in [1.807, 2.05) is 4.57 Å². The molecule has 0 saturated heterocycles. The molecule has 5 nitrogen and oxygen atoms in total. The molecule has 0 atom stereocenters. The van der Waals surface area contributed by atoms with Crippen molar-refractivity contribution in [2.24, 2.45) is 16.5 Å². The first-order chi connectivity index (χ1) is 10.1. The summed E-state index contributed by atoms with van der Waals surface area (Å²) < 4.78 is 2.00. The number of carbonyl (C=O) groups is 1. The zero-order valence-electron chi connectivity index (χ0n) is 12.5. The van der Waals surface area contributed by atoms with Gasteiger partial charge in [0.15, 0.2) is 0 Å². The molecular weight excluding hydrogens is 264 g/mol. The van der Waals surface area contributed by atoms with E-state index in [0.717, 1.165) is 37.8 Å². The highest BCUT2D eigenvalue weighted by Crippen LogP contribution is 2.33. The Morgan fingerprint density at radius 2 is 2.14 bits per heavy atom. The topological polar surface area (TPSA) is 86.4 Å². The number of aliphatic imine (C=N–C) groups is 1. The third-order valence-electron chi connectivity index (χ3n) is 4.31. The number of amides is 1. The minimum atomic E-state index is -0.490. The van der Waals surface area contributed by atoms with Gasteiger partial charge in [0.1, 0.15) is 11.4 Å². The number of carbonyl (C=O) groups excluding carboxylic acids is 1. The predicted octanol–water partition coefficient (Wildman–Crippen LogP) is 1.58. The SMILES string of the molecule is CCCCN=C1C(C(N)=O)=C(N)n2c1cc1c2CCCC1. The summed E-state index contributed by atoms with van der Waals surface area (Å²) in [6.07, 6.45) is 6.53. The van der Waals surface area contributed by atoms with Gasteiger partial charge in [-0.15, -0.1) is 0 Å². The van der Waals surface area contributed by atoms with Crippen molar-refractivity contribution < 1.29 is 4.79 Å². The Labute approximate surface area is 124 Å². The normalized spacial score (nSPS) is 19.0. The van der Waals surface area contributed by atoms with Crippen LogP contribution in [-0.4, -0.2) is 22.7 Å². The summed E-state index contributed by atoms with van der Waals surface area (Å²) in [5.41, 5.74) is 16.3. The van der Waals surface area contributed by atoms with Crippen molar-refractivity contribution in [3.8, 4) is 0 Å². The molecule has 0 unspecified atom stereocenters. The van der Waals surface area contributed by atoms with E-state index in [1.54, 1.807) is 0 Å². The molecule has 3 rings (SSSR count). The highest BCUT2D eigenvalue weighted by Gasteiger charge is 2.33. The summed E-state index contributed by atoms with van der Waals surface area (Å²) in [7, 11) is 0. The van der Waals surface area contributed by atoms with Crippen LogP contribution in [0.4, 0.5) is 0 Å². The summed E-state index contributed by atoms with van der Waals surface area (Å²) >= 11 is 0. The molecule has 4 N–H and O–H groups in total.